The first-order chi connectivity index (χ1) is 14.7. The van der Waals surface area contributed by atoms with Crippen LogP contribution < -0.4 is 4.74 Å². The molecule has 1 heterocycles. The molecule has 0 radical (unpaired) electrons. The maximum atomic E-state index is 11.2. The Hall–Kier alpha value is -2.04. The Labute approximate surface area is 188 Å². The molecule has 5 nitrogen and oxygen atoms in total. The molecule has 5 heteroatoms. The van der Waals surface area contributed by atoms with Crippen LogP contribution in [0.15, 0.2) is 11.8 Å². The Balaban J connectivity index is 1.76. The van der Waals surface area contributed by atoms with Crippen LogP contribution in [0.5, 0.6) is 11.5 Å². The summed E-state index contributed by atoms with van der Waals surface area (Å²) >= 11 is 0. The van der Waals surface area contributed by atoms with Crippen LogP contribution >= 0.6 is 0 Å². The quantitative estimate of drug-likeness (QED) is 0.211. The number of benzene rings is 1. The van der Waals surface area contributed by atoms with Crippen molar-refractivity contribution in [3.8, 4) is 11.5 Å². The molecule has 1 aromatic carbocycles. The maximum Gasteiger partial charge on any atom is 0.242 e. The fourth-order valence-electron chi connectivity index (χ4n) is 4.55. The Kier molecular flexibility index (Phi) is 9.39. The zero-order chi connectivity index (χ0) is 23.0. The number of phenols is 1. The number of nitrogens with zero attached hydrogens (tertiary/aromatic N) is 1. The van der Waals surface area contributed by atoms with Gasteiger partial charge in [0.25, 0.3) is 0 Å². The van der Waals surface area contributed by atoms with Crippen molar-refractivity contribution in [3.05, 3.63) is 44.1 Å². The van der Waals surface area contributed by atoms with Gasteiger partial charge in [-0.2, -0.15) is 0 Å². The van der Waals surface area contributed by atoms with Gasteiger partial charge >= 0.3 is 0 Å². The number of allylic oxidation sites excluding steroid dienone is 2. The average molecular weight is 432 g/mol. The van der Waals surface area contributed by atoms with Gasteiger partial charge < -0.3 is 9.84 Å². The molecular formula is C26H41NO4. The highest BCUT2D eigenvalue weighted by Gasteiger charge is 2.34. The first-order valence-electron chi connectivity index (χ1n) is 12.0. The highest BCUT2D eigenvalue weighted by molar-refractivity contribution is 5.58. The number of hydrogen-bond acceptors (Lipinski definition) is 4. The fourth-order valence-corrected chi connectivity index (χ4v) is 4.55. The molecule has 1 aromatic rings. The topological polar surface area (TPSA) is 72.6 Å². The molecule has 0 fully saturated rings. The minimum atomic E-state index is -0.208. The van der Waals surface area contributed by atoms with Gasteiger partial charge in [0.2, 0.25) is 5.70 Å². The lowest BCUT2D eigenvalue weighted by Gasteiger charge is -2.38. The molecule has 0 amide bonds. The number of rotatable bonds is 12. The zero-order valence-corrected chi connectivity index (χ0v) is 20.2. The third-order valence-electron chi connectivity index (χ3n) is 6.90. The first-order valence-corrected chi connectivity index (χ1v) is 12.0. The molecule has 1 N–H and O–H groups in total. The van der Waals surface area contributed by atoms with Gasteiger partial charge in [-0.1, -0.05) is 32.6 Å². The highest BCUT2D eigenvalue weighted by atomic mass is 16.6. The fraction of sp³-hybridized carbons (Fsp3) is 0.692. The predicted octanol–water partition coefficient (Wildman–Crippen LogP) is 7.48. The van der Waals surface area contributed by atoms with Crippen molar-refractivity contribution in [1.29, 1.82) is 0 Å². The van der Waals surface area contributed by atoms with E-state index in [0.717, 1.165) is 98.6 Å². The maximum absolute atomic E-state index is 11.2. The second kappa shape index (κ2) is 11.5. The molecule has 31 heavy (non-hydrogen) atoms. The summed E-state index contributed by atoms with van der Waals surface area (Å²) in [5.74, 6) is 1.38. The zero-order valence-electron chi connectivity index (χ0n) is 20.2. The van der Waals surface area contributed by atoms with Gasteiger partial charge in [-0.05, 0) is 95.4 Å². The Morgan fingerprint density at radius 3 is 2.45 bits per heavy atom. The number of unbranched alkanes of at least 4 members (excludes halogenated alkanes) is 6. The molecule has 0 saturated carbocycles. The summed E-state index contributed by atoms with van der Waals surface area (Å²) < 4.78 is 6.51. The Morgan fingerprint density at radius 2 is 1.77 bits per heavy atom. The van der Waals surface area contributed by atoms with Gasteiger partial charge in [-0.25, -0.2) is 0 Å². The Morgan fingerprint density at radius 1 is 1.10 bits per heavy atom. The number of ether oxygens (including phenoxy) is 1. The summed E-state index contributed by atoms with van der Waals surface area (Å²) in [4.78, 5) is 10.9. The third kappa shape index (κ3) is 6.72. The summed E-state index contributed by atoms with van der Waals surface area (Å²) in [6, 6.07) is 0. The van der Waals surface area contributed by atoms with Crippen molar-refractivity contribution in [2.45, 2.75) is 117 Å². The van der Waals surface area contributed by atoms with E-state index in [1.807, 2.05) is 26.8 Å². The molecule has 0 bridgehead atoms. The van der Waals surface area contributed by atoms with Crippen LogP contribution in [0.1, 0.15) is 107 Å². The molecule has 0 aromatic heterocycles. The molecule has 1 aliphatic heterocycles. The SMILES string of the molecule is CCCC/C=C(/CCCCCCCC1(C)CCc2c(C)c(O)c(C)c(C)c2O1)[N+](=O)[O-]. The molecule has 0 aliphatic carbocycles. The second-order valence-electron chi connectivity index (χ2n) is 9.45. The van der Waals surface area contributed by atoms with Gasteiger partial charge in [0, 0.05) is 12.0 Å². The van der Waals surface area contributed by atoms with Crippen molar-refractivity contribution in [2.24, 2.45) is 0 Å². The van der Waals surface area contributed by atoms with Crippen molar-refractivity contribution < 1.29 is 14.8 Å². The third-order valence-corrected chi connectivity index (χ3v) is 6.90. The number of nitro groups is 1. The largest absolute Gasteiger partial charge is 0.507 e. The molecule has 0 spiro atoms. The minimum Gasteiger partial charge on any atom is -0.507 e. The van der Waals surface area contributed by atoms with E-state index in [1.165, 1.54) is 0 Å². The van der Waals surface area contributed by atoms with E-state index in [2.05, 4.69) is 13.8 Å². The van der Waals surface area contributed by atoms with E-state index in [-0.39, 0.29) is 10.5 Å². The van der Waals surface area contributed by atoms with Crippen LogP contribution in [0, 0.1) is 30.9 Å². The summed E-state index contributed by atoms with van der Waals surface area (Å²) in [6.45, 7) is 10.3. The number of aromatic hydroxyl groups is 1. The van der Waals surface area contributed by atoms with E-state index < -0.39 is 0 Å². The van der Waals surface area contributed by atoms with Crippen LogP contribution in [0.2, 0.25) is 0 Å². The van der Waals surface area contributed by atoms with Crippen LogP contribution in [0.3, 0.4) is 0 Å². The van der Waals surface area contributed by atoms with Gasteiger partial charge in [-0.3, -0.25) is 10.1 Å². The lowest BCUT2D eigenvalue weighted by Crippen LogP contribution is -2.37. The van der Waals surface area contributed by atoms with Crippen LogP contribution in [-0.2, 0) is 6.42 Å². The molecule has 174 valence electrons. The first kappa shape index (κ1) is 25.2. The van der Waals surface area contributed by atoms with E-state index in [0.29, 0.717) is 17.9 Å². The summed E-state index contributed by atoms with van der Waals surface area (Å²) in [6.07, 6.45) is 13.5. The molecule has 2 rings (SSSR count). The average Bonchev–Trinajstić information content (AvgIpc) is 2.74. The van der Waals surface area contributed by atoms with Crippen LogP contribution in [-0.4, -0.2) is 15.6 Å². The Bertz CT molecular complexity index is 799. The van der Waals surface area contributed by atoms with E-state index >= 15 is 0 Å². The normalized spacial score (nSPS) is 18.5. The standard InChI is InChI=1S/C26H41NO4/c1-6-7-11-14-22(27(29)30)15-12-9-8-10-13-17-26(5)18-16-23-21(4)24(28)19(2)20(3)25(23)31-26/h14,28H,6-13,15-18H2,1-5H3/b22-14-. The van der Waals surface area contributed by atoms with Crippen molar-refractivity contribution >= 4 is 0 Å². The highest BCUT2D eigenvalue weighted by Crippen LogP contribution is 2.44. The minimum absolute atomic E-state index is 0.158. The van der Waals surface area contributed by atoms with E-state index in [4.69, 9.17) is 4.74 Å². The van der Waals surface area contributed by atoms with Gasteiger partial charge in [-0.15, -0.1) is 0 Å². The van der Waals surface area contributed by atoms with Crippen molar-refractivity contribution in [3.63, 3.8) is 0 Å². The van der Waals surface area contributed by atoms with Crippen LogP contribution in [0.4, 0.5) is 0 Å². The van der Waals surface area contributed by atoms with Crippen molar-refractivity contribution in [1.82, 2.24) is 0 Å². The number of phenolic OH excluding ortho intramolecular Hbond substituents is 1. The lowest BCUT2D eigenvalue weighted by atomic mass is 9.84. The van der Waals surface area contributed by atoms with E-state index in [1.54, 1.807) is 0 Å². The van der Waals surface area contributed by atoms with Crippen LogP contribution in [0.25, 0.3) is 0 Å². The second-order valence-corrected chi connectivity index (χ2v) is 9.45. The number of fused-ring (bicyclic) bond motifs is 1. The molecule has 0 saturated heterocycles. The monoisotopic (exact) mass is 431 g/mol. The smallest absolute Gasteiger partial charge is 0.242 e. The molecule has 1 aliphatic rings. The summed E-state index contributed by atoms with van der Waals surface area (Å²) in [7, 11) is 0. The summed E-state index contributed by atoms with van der Waals surface area (Å²) in [5, 5.41) is 21.5. The number of hydrogen-bond donors (Lipinski definition) is 1. The van der Waals surface area contributed by atoms with E-state index in [9.17, 15) is 15.2 Å². The predicted molar refractivity (Wildman–Crippen MR) is 127 cm³/mol. The molecule has 1 atom stereocenters. The van der Waals surface area contributed by atoms with Gasteiger partial charge in [0.05, 0.1) is 4.92 Å². The summed E-state index contributed by atoms with van der Waals surface area (Å²) in [5.41, 5.74) is 4.32. The van der Waals surface area contributed by atoms with Gasteiger partial charge in [0.15, 0.2) is 0 Å². The lowest BCUT2D eigenvalue weighted by molar-refractivity contribution is -0.428. The molecular weight excluding hydrogens is 390 g/mol. The molecule has 1 unspecified atom stereocenters. The van der Waals surface area contributed by atoms with Gasteiger partial charge in [0.1, 0.15) is 17.1 Å². The van der Waals surface area contributed by atoms with Crippen molar-refractivity contribution in [2.75, 3.05) is 0 Å².